The molecule has 1 aromatic carbocycles. The number of carbonyl (C=O) groups is 1. The number of hydrogen-bond acceptors (Lipinski definition) is 3. The van der Waals surface area contributed by atoms with E-state index in [9.17, 15) is 9.59 Å². The van der Waals surface area contributed by atoms with Gasteiger partial charge in [0.1, 0.15) is 6.33 Å². The number of rotatable bonds is 4. The van der Waals surface area contributed by atoms with Crippen molar-refractivity contribution in [2.75, 3.05) is 0 Å². The van der Waals surface area contributed by atoms with Gasteiger partial charge in [-0.2, -0.15) is 5.10 Å². The van der Waals surface area contributed by atoms with Crippen LogP contribution < -0.4 is 5.69 Å². The van der Waals surface area contributed by atoms with E-state index in [1.54, 1.807) is 24.3 Å². The zero-order valence-electron chi connectivity index (χ0n) is 8.96. The third-order valence-corrected chi connectivity index (χ3v) is 2.49. The molecule has 88 valence electrons. The van der Waals surface area contributed by atoms with E-state index in [-0.39, 0.29) is 11.3 Å². The summed E-state index contributed by atoms with van der Waals surface area (Å²) in [7, 11) is 0. The maximum absolute atomic E-state index is 11.2. The first-order valence-corrected chi connectivity index (χ1v) is 5.09. The van der Waals surface area contributed by atoms with Crippen LogP contribution in [0.3, 0.4) is 0 Å². The number of benzene rings is 1. The maximum atomic E-state index is 11.2. The van der Waals surface area contributed by atoms with Gasteiger partial charge in [0.25, 0.3) is 0 Å². The molecule has 0 aliphatic heterocycles. The summed E-state index contributed by atoms with van der Waals surface area (Å²) in [5.41, 5.74) is 0.676. The maximum Gasteiger partial charge on any atom is 0.343 e. The first-order valence-electron chi connectivity index (χ1n) is 5.09. The van der Waals surface area contributed by atoms with Crippen LogP contribution in [0.15, 0.2) is 35.4 Å². The SMILES string of the molecule is O=C(O)c1ccccc1CCn1cn[nH]c1=O. The van der Waals surface area contributed by atoms with E-state index in [0.717, 1.165) is 0 Å². The van der Waals surface area contributed by atoms with Gasteiger partial charge in [-0.15, -0.1) is 0 Å². The Hall–Kier alpha value is -2.37. The Bertz CT molecular complexity index is 585. The minimum atomic E-state index is -0.958. The molecule has 0 amide bonds. The number of carboxylic acids is 1. The summed E-state index contributed by atoms with van der Waals surface area (Å²) in [4.78, 5) is 22.2. The standard InChI is InChI=1S/C11H11N3O3/c15-10(16)9-4-2-1-3-8(9)5-6-14-7-12-13-11(14)17/h1-4,7H,5-6H2,(H,13,17)(H,15,16). The van der Waals surface area contributed by atoms with Crippen LogP contribution in [-0.4, -0.2) is 25.8 Å². The van der Waals surface area contributed by atoms with Gasteiger partial charge in [-0.1, -0.05) is 18.2 Å². The van der Waals surface area contributed by atoms with Gasteiger partial charge >= 0.3 is 11.7 Å². The lowest BCUT2D eigenvalue weighted by Crippen LogP contribution is -2.18. The molecular weight excluding hydrogens is 222 g/mol. The lowest BCUT2D eigenvalue weighted by Gasteiger charge is -2.05. The highest BCUT2D eigenvalue weighted by Crippen LogP contribution is 2.09. The van der Waals surface area contributed by atoms with E-state index in [1.807, 2.05) is 0 Å². The largest absolute Gasteiger partial charge is 0.478 e. The van der Waals surface area contributed by atoms with Crippen molar-refractivity contribution in [1.82, 2.24) is 14.8 Å². The number of aryl methyl sites for hydroxylation is 2. The predicted molar refractivity (Wildman–Crippen MR) is 60.0 cm³/mol. The molecule has 17 heavy (non-hydrogen) atoms. The molecular formula is C11H11N3O3. The molecule has 1 heterocycles. The van der Waals surface area contributed by atoms with Crippen molar-refractivity contribution in [1.29, 1.82) is 0 Å². The van der Waals surface area contributed by atoms with Crippen LogP contribution in [0.5, 0.6) is 0 Å². The quantitative estimate of drug-likeness (QED) is 0.805. The van der Waals surface area contributed by atoms with Gasteiger partial charge in [-0.3, -0.25) is 4.57 Å². The Morgan fingerprint density at radius 2 is 2.18 bits per heavy atom. The molecule has 0 unspecified atom stereocenters. The summed E-state index contributed by atoms with van der Waals surface area (Å²) in [6.45, 7) is 0.402. The number of aromatic carboxylic acids is 1. The molecule has 0 atom stereocenters. The lowest BCUT2D eigenvalue weighted by atomic mass is 10.0. The fourth-order valence-corrected chi connectivity index (χ4v) is 1.62. The highest BCUT2D eigenvalue weighted by molar-refractivity contribution is 5.89. The molecule has 6 heteroatoms. The monoisotopic (exact) mass is 233 g/mol. The second-order valence-electron chi connectivity index (χ2n) is 3.57. The number of aromatic amines is 1. The second kappa shape index (κ2) is 4.65. The van der Waals surface area contributed by atoms with Crippen molar-refractivity contribution in [3.8, 4) is 0 Å². The van der Waals surface area contributed by atoms with E-state index in [1.165, 1.54) is 10.9 Å². The fraction of sp³-hybridized carbons (Fsp3) is 0.182. The van der Waals surface area contributed by atoms with Crippen molar-refractivity contribution in [3.05, 3.63) is 52.2 Å². The van der Waals surface area contributed by atoms with E-state index in [0.29, 0.717) is 18.5 Å². The van der Waals surface area contributed by atoms with Crippen LogP contribution in [0, 0.1) is 0 Å². The van der Waals surface area contributed by atoms with Crippen LogP contribution in [0.1, 0.15) is 15.9 Å². The Morgan fingerprint density at radius 3 is 2.82 bits per heavy atom. The molecule has 2 N–H and O–H groups in total. The van der Waals surface area contributed by atoms with Gasteiger partial charge < -0.3 is 5.11 Å². The molecule has 0 saturated heterocycles. The predicted octanol–water partition coefficient (Wildman–Crippen LogP) is 0.512. The number of aromatic nitrogens is 3. The molecule has 0 bridgehead atoms. The highest BCUT2D eigenvalue weighted by atomic mass is 16.4. The molecule has 2 aromatic rings. The summed E-state index contributed by atoms with van der Waals surface area (Å²) in [6, 6.07) is 6.75. The molecule has 1 aromatic heterocycles. The average Bonchev–Trinajstić information content (AvgIpc) is 2.72. The van der Waals surface area contributed by atoms with Crippen molar-refractivity contribution in [2.45, 2.75) is 13.0 Å². The summed E-state index contributed by atoms with van der Waals surface area (Å²) in [6.07, 6.45) is 1.87. The molecule has 6 nitrogen and oxygen atoms in total. The Kier molecular flexibility index (Phi) is 3.04. The van der Waals surface area contributed by atoms with Crippen LogP contribution in [0.25, 0.3) is 0 Å². The van der Waals surface area contributed by atoms with Crippen LogP contribution in [0.2, 0.25) is 0 Å². The van der Waals surface area contributed by atoms with Gasteiger partial charge in [0, 0.05) is 6.54 Å². The molecule has 0 spiro atoms. The Balaban J connectivity index is 2.17. The minimum absolute atomic E-state index is 0.268. The molecule has 0 saturated carbocycles. The highest BCUT2D eigenvalue weighted by Gasteiger charge is 2.09. The Labute approximate surface area is 96.5 Å². The summed E-state index contributed by atoms with van der Waals surface area (Å²) in [5, 5.41) is 14.9. The fourth-order valence-electron chi connectivity index (χ4n) is 1.62. The molecule has 2 rings (SSSR count). The summed E-state index contributed by atoms with van der Waals surface area (Å²) in [5.74, 6) is -0.958. The zero-order chi connectivity index (χ0) is 12.3. The number of H-pyrrole nitrogens is 1. The molecule has 0 fully saturated rings. The zero-order valence-corrected chi connectivity index (χ0v) is 8.96. The topological polar surface area (TPSA) is 88.0 Å². The second-order valence-corrected chi connectivity index (χ2v) is 3.57. The van der Waals surface area contributed by atoms with E-state index >= 15 is 0 Å². The van der Waals surface area contributed by atoms with E-state index in [4.69, 9.17) is 5.11 Å². The van der Waals surface area contributed by atoms with Crippen LogP contribution in [-0.2, 0) is 13.0 Å². The van der Waals surface area contributed by atoms with Crippen LogP contribution >= 0.6 is 0 Å². The van der Waals surface area contributed by atoms with Crippen molar-refractivity contribution >= 4 is 5.97 Å². The van der Waals surface area contributed by atoms with Crippen molar-refractivity contribution in [3.63, 3.8) is 0 Å². The van der Waals surface area contributed by atoms with Crippen molar-refractivity contribution in [2.24, 2.45) is 0 Å². The van der Waals surface area contributed by atoms with Gasteiger partial charge in [0.15, 0.2) is 0 Å². The van der Waals surface area contributed by atoms with Gasteiger partial charge in [0.2, 0.25) is 0 Å². The number of nitrogens with one attached hydrogen (secondary N) is 1. The third-order valence-electron chi connectivity index (χ3n) is 2.49. The van der Waals surface area contributed by atoms with Crippen molar-refractivity contribution < 1.29 is 9.90 Å². The summed E-state index contributed by atoms with van der Waals surface area (Å²) < 4.78 is 1.40. The molecule has 0 aliphatic rings. The average molecular weight is 233 g/mol. The minimum Gasteiger partial charge on any atom is -0.478 e. The third kappa shape index (κ3) is 2.41. The molecule has 0 radical (unpaired) electrons. The number of hydrogen-bond donors (Lipinski definition) is 2. The Morgan fingerprint density at radius 1 is 1.41 bits per heavy atom. The summed E-state index contributed by atoms with van der Waals surface area (Å²) >= 11 is 0. The normalized spacial score (nSPS) is 10.4. The van der Waals surface area contributed by atoms with E-state index < -0.39 is 5.97 Å². The lowest BCUT2D eigenvalue weighted by molar-refractivity contribution is 0.0695. The number of carboxylic acid groups (broad SMARTS) is 1. The smallest absolute Gasteiger partial charge is 0.343 e. The van der Waals surface area contributed by atoms with E-state index in [2.05, 4.69) is 10.2 Å². The van der Waals surface area contributed by atoms with Gasteiger partial charge in [-0.05, 0) is 18.1 Å². The first kappa shape index (κ1) is 11.1. The van der Waals surface area contributed by atoms with Gasteiger partial charge in [0.05, 0.1) is 5.56 Å². The van der Waals surface area contributed by atoms with Crippen LogP contribution in [0.4, 0.5) is 0 Å². The molecule has 0 aliphatic carbocycles. The number of nitrogens with zero attached hydrogens (tertiary/aromatic N) is 2. The first-order chi connectivity index (χ1) is 8.18. The van der Waals surface area contributed by atoms with Gasteiger partial charge in [-0.25, -0.2) is 14.7 Å².